The van der Waals surface area contributed by atoms with Gasteiger partial charge in [-0.05, 0) is 20.4 Å². The molecule has 44 heavy (non-hydrogen) atoms. The van der Waals surface area contributed by atoms with E-state index in [1.165, 1.54) is 14.0 Å². The van der Waals surface area contributed by atoms with E-state index >= 15 is 0 Å². The lowest BCUT2D eigenvalue weighted by molar-refractivity contribution is -0.330. The van der Waals surface area contributed by atoms with Crippen LogP contribution < -0.4 is 27.8 Å². The molecule has 3 rings (SSSR count). The molecule has 15 unspecified atom stereocenters. The Hall–Kier alpha value is -1.26. The fourth-order valence-corrected chi connectivity index (χ4v) is 5.22. The van der Waals surface area contributed by atoms with E-state index in [1.807, 2.05) is 0 Å². The van der Waals surface area contributed by atoms with Crippen LogP contribution in [0.5, 0.6) is 0 Å². The summed E-state index contributed by atoms with van der Waals surface area (Å²) < 4.78 is 54.3. The van der Waals surface area contributed by atoms with Crippen LogP contribution in [0.4, 0.5) is 0 Å². The fourth-order valence-electron chi connectivity index (χ4n) is 5.22. The second kappa shape index (κ2) is 16.0. The van der Waals surface area contributed by atoms with Gasteiger partial charge in [0, 0.05) is 19.1 Å². The monoisotopic (exact) mass is 667 g/mol. The third-order valence-corrected chi connectivity index (χ3v) is 7.50. The van der Waals surface area contributed by atoms with Gasteiger partial charge >= 0.3 is 10.4 Å². The number of carbonyl (C=O) groups excluding carboxylic acids is 1. The lowest BCUT2D eigenvalue weighted by Gasteiger charge is -2.49. The quantitative estimate of drug-likeness (QED) is 0.101. The maximum atomic E-state index is 12.4. The number of hydrogen-bond donors (Lipinski definition) is 14. The summed E-state index contributed by atoms with van der Waals surface area (Å²) in [7, 11) is -3.14. The van der Waals surface area contributed by atoms with Crippen LogP contribution >= 0.6 is 0 Å². The van der Waals surface area contributed by atoms with Crippen molar-refractivity contribution in [2.45, 2.75) is 105 Å². The topological polar surface area (TPSA) is 372 Å². The van der Waals surface area contributed by atoms with Gasteiger partial charge in [0.15, 0.2) is 12.6 Å². The average Bonchev–Trinajstić information content (AvgIpc) is 2.92. The molecule has 17 N–H and O–H groups in total. The Morgan fingerprint density at radius 1 is 1.00 bits per heavy atom. The molecular weight excluding hydrogens is 622 g/mol. The first-order chi connectivity index (χ1) is 20.3. The molecule has 0 aromatic heterocycles. The molecule has 3 aliphatic rings. The largest absolute Gasteiger partial charge is 0.394 e. The second-order valence-electron chi connectivity index (χ2n) is 10.9. The minimum absolute atomic E-state index is 0.0836. The van der Waals surface area contributed by atoms with E-state index in [0.717, 1.165) is 0 Å². The van der Waals surface area contributed by atoms with Crippen molar-refractivity contribution in [2.24, 2.45) is 17.2 Å². The Bertz CT molecular complexity index is 1020. The minimum Gasteiger partial charge on any atom is -0.388 e. The van der Waals surface area contributed by atoms with E-state index in [9.17, 15) is 40.5 Å². The highest BCUT2D eigenvalue weighted by molar-refractivity contribution is 7.79. The molecule has 0 spiro atoms. The third-order valence-electron chi connectivity index (χ3n) is 7.50. The van der Waals surface area contributed by atoms with Gasteiger partial charge in [-0.3, -0.25) is 13.9 Å². The number of rotatable bonds is 9. The molecule has 21 nitrogen and oxygen atoms in total. The molecule has 22 heteroatoms. The fraction of sp³-hybridized carbons (Fsp3) is 0.955. The molecule has 15 atom stereocenters. The number of carbonyl (C=O) groups is 1. The first-order valence-corrected chi connectivity index (χ1v) is 14.9. The van der Waals surface area contributed by atoms with E-state index in [2.05, 4.69) is 10.6 Å². The molecule has 2 saturated heterocycles. The molecule has 0 bridgehead atoms. The van der Waals surface area contributed by atoms with Crippen molar-refractivity contribution in [1.82, 2.24) is 10.6 Å². The summed E-state index contributed by atoms with van der Waals surface area (Å²) in [6.45, 7) is 0.634. The molecule has 0 radical (unpaired) electrons. The van der Waals surface area contributed by atoms with Crippen LogP contribution in [0.25, 0.3) is 0 Å². The Balaban J connectivity index is 0.00000125. The van der Waals surface area contributed by atoms with Gasteiger partial charge in [-0.2, -0.15) is 8.42 Å². The van der Waals surface area contributed by atoms with Gasteiger partial charge in [0.2, 0.25) is 5.91 Å². The van der Waals surface area contributed by atoms with Crippen molar-refractivity contribution in [3.05, 3.63) is 0 Å². The highest BCUT2D eigenvalue weighted by Gasteiger charge is 2.53. The van der Waals surface area contributed by atoms with Gasteiger partial charge in [0.05, 0.1) is 18.7 Å². The molecule has 1 amide bonds. The van der Waals surface area contributed by atoms with Gasteiger partial charge in [-0.1, -0.05) is 0 Å². The first kappa shape index (κ1) is 38.9. The Kier molecular flexibility index (Phi) is 14.2. The first-order valence-electron chi connectivity index (χ1n) is 13.5. The second-order valence-corrected chi connectivity index (χ2v) is 11.8. The molecule has 1 saturated carbocycles. The van der Waals surface area contributed by atoms with E-state index in [4.69, 9.17) is 53.7 Å². The van der Waals surface area contributed by atoms with E-state index < -0.39 is 108 Å². The summed E-state index contributed by atoms with van der Waals surface area (Å²) in [4.78, 5) is 12.4. The zero-order chi connectivity index (χ0) is 33.7. The summed E-state index contributed by atoms with van der Waals surface area (Å²) in [6.07, 6.45) is -16.3. The standard InChI is InChI=1S/C22H43N5O12.H2O4S/c1-22(35)6-36-20(15(33)18(22)26-2)39-17-8(27-19(34)9(28)4-23)3-7(25)16(14(17)32)38-21-13(31)12(30)11(29)10(5-24)37-21;1-5(2,3)4/h7-18,20-21,26,28-33,35H,3-6,23-25H2,1-2H3,(H,27,34);(H2,1,2,3,4). The van der Waals surface area contributed by atoms with E-state index in [-0.39, 0.29) is 26.1 Å². The Morgan fingerprint density at radius 3 is 2.09 bits per heavy atom. The van der Waals surface area contributed by atoms with Gasteiger partial charge < -0.3 is 82.5 Å². The van der Waals surface area contributed by atoms with Crippen molar-refractivity contribution in [3.63, 3.8) is 0 Å². The summed E-state index contributed by atoms with van der Waals surface area (Å²) in [5.41, 5.74) is 15.8. The normalized spacial score (nSPS) is 43.8. The Morgan fingerprint density at radius 2 is 1.57 bits per heavy atom. The maximum Gasteiger partial charge on any atom is 0.394 e. The summed E-state index contributed by atoms with van der Waals surface area (Å²) in [5.74, 6) is -0.857. The number of aliphatic hydroxyl groups excluding tert-OH is 6. The summed E-state index contributed by atoms with van der Waals surface area (Å²) in [5, 5.41) is 78.5. The lowest BCUT2D eigenvalue weighted by Crippen LogP contribution is -2.70. The lowest BCUT2D eigenvalue weighted by atomic mass is 9.83. The third kappa shape index (κ3) is 9.87. The Labute approximate surface area is 252 Å². The van der Waals surface area contributed by atoms with Crippen LogP contribution in [-0.4, -0.2) is 177 Å². The van der Waals surface area contributed by atoms with Gasteiger partial charge in [0.1, 0.15) is 60.5 Å². The number of nitrogens with two attached hydrogens (primary N) is 3. The number of amides is 1. The molecule has 0 aromatic carbocycles. The van der Waals surface area contributed by atoms with Crippen molar-refractivity contribution in [2.75, 3.05) is 26.7 Å². The number of hydrogen-bond acceptors (Lipinski definition) is 18. The van der Waals surface area contributed by atoms with Crippen LogP contribution in [0.2, 0.25) is 0 Å². The van der Waals surface area contributed by atoms with Crippen molar-refractivity contribution >= 4 is 16.3 Å². The molecule has 2 heterocycles. The maximum absolute atomic E-state index is 12.4. The highest BCUT2D eigenvalue weighted by atomic mass is 32.3. The van der Waals surface area contributed by atoms with Crippen LogP contribution in [0.3, 0.4) is 0 Å². The van der Waals surface area contributed by atoms with Crippen LogP contribution in [-0.2, 0) is 34.1 Å². The summed E-state index contributed by atoms with van der Waals surface area (Å²) >= 11 is 0. The van der Waals surface area contributed by atoms with Gasteiger partial charge in [-0.15, -0.1) is 0 Å². The number of nitrogens with one attached hydrogen (secondary N) is 2. The molecule has 1 aliphatic carbocycles. The zero-order valence-electron chi connectivity index (χ0n) is 23.9. The van der Waals surface area contributed by atoms with Crippen molar-refractivity contribution < 1.29 is 77.0 Å². The predicted octanol–water partition coefficient (Wildman–Crippen LogP) is -8.18. The van der Waals surface area contributed by atoms with Crippen LogP contribution in [0, 0.1) is 0 Å². The van der Waals surface area contributed by atoms with Crippen molar-refractivity contribution in [1.29, 1.82) is 0 Å². The number of aliphatic hydroxyl groups is 7. The molecule has 0 aromatic rings. The smallest absolute Gasteiger partial charge is 0.388 e. The minimum atomic E-state index is -4.67. The van der Waals surface area contributed by atoms with Gasteiger partial charge in [-0.25, -0.2) is 0 Å². The number of ether oxygens (including phenoxy) is 4. The van der Waals surface area contributed by atoms with Crippen LogP contribution in [0.1, 0.15) is 13.3 Å². The van der Waals surface area contributed by atoms with E-state index in [1.54, 1.807) is 0 Å². The predicted molar refractivity (Wildman–Crippen MR) is 144 cm³/mol. The number of likely N-dealkylation sites (N-methyl/N-ethyl adjacent to an activating group) is 1. The zero-order valence-corrected chi connectivity index (χ0v) is 24.8. The molecular formula is C22H45N5O16S. The SMILES string of the molecule is CNC1C(O)C(OC2C(NC(=O)C(O)CN)CC(N)C(OC3OC(CN)C(O)C(O)C3O)C2O)OCC1(C)O.O=S(=O)(O)O. The average molecular weight is 668 g/mol. The van der Waals surface area contributed by atoms with E-state index in [0.29, 0.717) is 0 Å². The molecule has 260 valence electrons. The van der Waals surface area contributed by atoms with Crippen LogP contribution in [0.15, 0.2) is 0 Å². The summed E-state index contributed by atoms with van der Waals surface area (Å²) in [6, 6.07) is -2.92. The molecule has 3 fully saturated rings. The van der Waals surface area contributed by atoms with Crippen molar-refractivity contribution in [3.8, 4) is 0 Å². The molecule has 2 aliphatic heterocycles. The van der Waals surface area contributed by atoms with Gasteiger partial charge in [0.25, 0.3) is 0 Å². The highest BCUT2D eigenvalue weighted by Crippen LogP contribution is 2.32.